The lowest BCUT2D eigenvalue weighted by atomic mass is 10.3. The molecule has 0 spiro atoms. The minimum Gasteiger partial charge on any atom is -0.446 e. The van der Waals surface area contributed by atoms with Crippen molar-refractivity contribution in [3.63, 3.8) is 0 Å². The van der Waals surface area contributed by atoms with E-state index in [1.54, 1.807) is 13.1 Å². The van der Waals surface area contributed by atoms with Crippen molar-refractivity contribution in [3.8, 4) is 0 Å². The van der Waals surface area contributed by atoms with Crippen LogP contribution in [0.4, 0.5) is 0 Å². The molecule has 0 saturated heterocycles. The Bertz CT molecular complexity index is 417. The highest BCUT2D eigenvalue weighted by molar-refractivity contribution is 7.82. The van der Waals surface area contributed by atoms with E-state index in [9.17, 15) is 4.21 Å². The molecular weight excluding hydrogens is 186 g/mol. The van der Waals surface area contributed by atoms with Crippen molar-refractivity contribution in [2.24, 2.45) is 0 Å². The minimum atomic E-state index is -1.24. The van der Waals surface area contributed by atoms with Gasteiger partial charge in [0.1, 0.15) is 5.58 Å². The normalized spacial score (nSPS) is 13.3. The number of furan rings is 1. The highest BCUT2D eigenvalue weighted by Gasteiger charge is 2.07. The lowest BCUT2D eigenvalue weighted by Crippen LogP contribution is -2.09. The van der Waals surface area contributed by atoms with E-state index >= 15 is 0 Å². The maximum absolute atomic E-state index is 11.3. The van der Waals surface area contributed by atoms with Gasteiger partial charge in [0.05, 0.1) is 0 Å². The van der Waals surface area contributed by atoms with Crippen LogP contribution in [0, 0.1) is 0 Å². The molecule has 0 aliphatic heterocycles. The third-order valence-corrected chi connectivity index (χ3v) is 2.71. The third kappa shape index (κ3) is 1.50. The Morgan fingerprint density at radius 3 is 2.85 bits per heavy atom. The molecular formula is C9H9NO2S. The first-order valence-electron chi connectivity index (χ1n) is 3.89. The Hall–Kier alpha value is -1.13. The molecule has 1 unspecified atom stereocenters. The molecule has 1 aromatic carbocycles. The molecule has 13 heavy (non-hydrogen) atoms. The van der Waals surface area contributed by atoms with Crippen LogP contribution in [0.1, 0.15) is 0 Å². The number of nitrogens with one attached hydrogen (secondary N) is 1. The second-order valence-electron chi connectivity index (χ2n) is 2.58. The van der Waals surface area contributed by atoms with Crippen LogP contribution in [-0.2, 0) is 11.0 Å². The van der Waals surface area contributed by atoms with Crippen LogP contribution < -0.4 is 4.72 Å². The molecule has 0 saturated carbocycles. The van der Waals surface area contributed by atoms with Crippen molar-refractivity contribution in [2.75, 3.05) is 7.05 Å². The van der Waals surface area contributed by atoms with Gasteiger partial charge in [-0.3, -0.25) is 0 Å². The maximum Gasteiger partial charge on any atom is 0.206 e. The predicted octanol–water partition coefficient (Wildman–Crippen LogP) is 1.67. The zero-order valence-electron chi connectivity index (χ0n) is 7.11. The second-order valence-corrected chi connectivity index (χ2v) is 3.92. The predicted molar refractivity (Wildman–Crippen MR) is 51.7 cm³/mol. The van der Waals surface area contributed by atoms with E-state index in [1.165, 1.54) is 0 Å². The Morgan fingerprint density at radius 2 is 2.15 bits per heavy atom. The lowest BCUT2D eigenvalue weighted by Gasteiger charge is -1.90. The van der Waals surface area contributed by atoms with Gasteiger partial charge >= 0.3 is 0 Å². The molecule has 2 rings (SSSR count). The maximum atomic E-state index is 11.3. The third-order valence-electron chi connectivity index (χ3n) is 1.77. The largest absolute Gasteiger partial charge is 0.446 e. The average molecular weight is 195 g/mol. The molecule has 68 valence electrons. The van der Waals surface area contributed by atoms with Gasteiger partial charge in [-0.25, -0.2) is 8.93 Å². The Labute approximate surface area is 78.3 Å². The summed E-state index contributed by atoms with van der Waals surface area (Å²) in [5.41, 5.74) is 0.765. The first kappa shape index (κ1) is 8.47. The topological polar surface area (TPSA) is 42.2 Å². The lowest BCUT2D eigenvalue weighted by molar-refractivity contribution is 0.501. The number of para-hydroxylation sites is 1. The van der Waals surface area contributed by atoms with Crippen LogP contribution in [0.3, 0.4) is 0 Å². The summed E-state index contributed by atoms with van der Waals surface area (Å²) in [6.45, 7) is 0. The zero-order chi connectivity index (χ0) is 9.26. The Morgan fingerprint density at radius 1 is 1.38 bits per heavy atom. The molecule has 1 N–H and O–H groups in total. The summed E-state index contributed by atoms with van der Waals surface area (Å²) < 4.78 is 19.3. The zero-order valence-corrected chi connectivity index (χ0v) is 7.93. The monoisotopic (exact) mass is 195 g/mol. The average Bonchev–Trinajstić information content (AvgIpc) is 2.59. The van der Waals surface area contributed by atoms with Crippen molar-refractivity contribution >= 4 is 22.0 Å². The fourth-order valence-corrected chi connectivity index (χ4v) is 1.75. The summed E-state index contributed by atoms with van der Waals surface area (Å²) >= 11 is 0. The SMILES string of the molecule is CNS(=O)c1cc2ccccc2o1. The highest BCUT2D eigenvalue weighted by Crippen LogP contribution is 2.20. The second kappa shape index (κ2) is 3.32. The van der Waals surface area contributed by atoms with Gasteiger partial charge in [-0.15, -0.1) is 0 Å². The van der Waals surface area contributed by atoms with Crippen LogP contribution in [0.5, 0.6) is 0 Å². The molecule has 0 aliphatic rings. The van der Waals surface area contributed by atoms with E-state index in [1.807, 2.05) is 24.3 Å². The molecule has 0 fully saturated rings. The fourth-order valence-electron chi connectivity index (χ4n) is 1.15. The van der Waals surface area contributed by atoms with Gasteiger partial charge in [-0.2, -0.15) is 0 Å². The van der Waals surface area contributed by atoms with E-state index in [2.05, 4.69) is 4.72 Å². The van der Waals surface area contributed by atoms with E-state index in [0.29, 0.717) is 5.09 Å². The Kier molecular flexibility index (Phi) is 2.16. The molecule has 1 atom stereocenters. The van der Waals surface area contributed by atoms with E-state index < -0.39 is 11.0 Å². The van der Waals surface area contributed by atoms with Gasteiger partial charge < -0.3 is 4.42 Å². The van der Waals surface area contributed by atoms with Gasteiger partial charge in [-0.05, 0) is 13.1 Å². The molecule has 3 nitrogen and oxygen atoms in total. The van der Waals surface area contributed by atoms with Crippen molar-refractivity contribution in [3.05, 3.63) is 30.3 Å². The minimum absolute atomic E-state index is 0.462. The quantitative estimate of drug-likeness (QED) is 0.792. The molecule has 4 heteroatoms. The molecule has 0 aliphatic carbocycles. The number of hydrogen-bond acceptors (Lipinski definition) is 2. The fraction of sp³-hybridized carbons (Fsp3) is 0.111. The molecule has 0 amide bonds. The summed E-state index contributed by atoms with van der Waals surface area (Å²) in [5.74, 6) is 0. The smallest absolute Gasteiger partial charge is 0.206 e. The molecule has 2 aromatic rings. The van der Waals surface area contributed by atoms with Gasteiger partial charge in [0.2, 0.25) is 5.09 Å². The summed E-state index contributed by atoms with van der Waals surface area (Å²) in [5, 5.41) is 1.44. The molecule has 0 bridgehead atoms. The van der Waals surface area contributed by atoms with E-state index in [4.69, 9.17) is 4.42 Å². The molecule has 1 heterocycles. The summed E-state index contributed by atoms with van der Waals surface area (Å²) in [6, 6.07) is 9.37. The van der Waals surface area contributed by atoms with Gasteiger partial charge in [0.25, 0.3) is 0 Å². The standard InChI is InChI=1S/C9H9NO2S/c1-10-13(11)9-6-7-4-2-3-5-8(7)12-9/h2-6,10H,1H3. The molecule has 0 radical (unpaired) electrons. The first-order valence-corrected chi connectivity index (χ1v) is 5.04. The van der Waals surface area contributed by atoms with Gasteiger partial charge in [0.15, 0.2) is 11.0 Å². The number of benzene rings is 1. The van der Waals surface area contributed by atoms with Crippen molar-refractivity contribution < 1.29 is 8.63 Å². The first-order chi connectivity index (χ1) is 6.31. The van der Waals surface area contributed by atoms with E-state index in [-0.39, 0.29) is 0 Å². The van der Waals surface area contributed by atoms with Crippen molar-refractivity contribution in [1.29, 1.82) is 0 Å². The van der Waals surface area contributed by atoms with Crippen molar-refractivity contribution in [1.82, 2.24) is 4.72 Å². The number of rotatable bonds is 2. The van der Waals surface area contributed by atoms with Crippen LogP contribution in [0.25, 0.3) is 11.0 Å². The summed E-state index contributed by atoms with van der Waals surface area (Å²) in [4.78, 5) is 0. The summed E-state index contributed by atoms with van der Waals surface area (Å²) in [6.07, 6.45) is 0. The van der Waals surface area contributed by atoms with Crippen LogP contribution in [0.15, 0.2) is 39.8 Å². The van der Waals surface area contributed by atoms with Crippen LogP contribution in [0.2, 0.25) is 0 Å². The van der Waals surface area contributed by atoms with Gasteiger partial charge in [0, 0.05) is 11.5 Å². The van der Waals surface area contributed by atoms with Crippen LogP contribution in [-0.4, -0.2) is 11.3 Å². The van der Waals surface area contributed by atoms with Crippen molar-refractivity contribution in [2.45, 2.75) is 5.09 Å². The number of hydrogen-bond donors (Lipinski definition) is 1. The highest BCUT2D eigenvalue weighted by atomic mass is 32.2. The van der Waals surface area contributed by atoms with E-state index in [0.717, 1.165) is 11.0 Å². The summed E-state index contributed by atoms with van der Waals surface area (Å²) in [7, 11) is 0.389. The van der Waals surface area contributed by atoms with Gasteiger partial charge in [-0.1, -0.05) is 18.2 Å². The van der Waals surface area contributed by atoms with Crippen LogP contribution >= 0.6 is 0 Å². The molecule has 1 aromatic heterocycles. The number of fused-ring (bicyclic) bond motifs is 1. The Balaban J connectivity index is 2.56.